The molecule has 0 spiro atoms. The Morgan fingerprint density at radius 3 is 2.70 bits per heavy atom. The Morgan fingerprint density at radius 2 is 1.90 bits per heavy atom. The molecule has 1 aromatic carbocycles. The molecule has 0 aromatic heterocycles. The summed E-state index contributed by atoms with van der Waals surface area (Å²) in [6.45, 7) is 5.13. The minimum Gasteiger partial charge on any atom is -0.361 e. The third kappa shape index (κ3) is 3.60. The van der Waals surface area contributed by atoms with Crippen LogP contribution in [0.4, 0.5) is 0 Å². The fraction of sp³-hybridized carbons (Fsp3) is 0.647. The van der Waals surface area contributed by atoms with Gasteiger partial charge >= 0.3 is 0 Å². The summed E-state index contributed by atoms with van der Waals surface area (Å²) < 4.78 is 5.93. The Labute approximate surface area is 122 Å². The van der Waals surface area contributed by atoms with Crippen LogP contribution in [0.15, 0.2) is 30.3 Å². The van der Waals surface area contributed by atoms with Gasteiger partial charge in [0, 0.05) is 12.6 Å². The van der Waals surface area contributed by atoms with Crippen molar-refractivity contribution in [3.8, 4) is 0 Å². The SMILES string of the molecule is c1ccc(COCN2CCCC2C2CCNCC2)cc1. The number of hydrogen-bond donors (Lipinski definition) is 1. The summed E-state index contributed by atoms with van der Waals surface area (Å²) in [5.74, 6) is 0.874. The Hall–Kier alpha value is -0.900. The van der Waals surface area contributed by atoms with Crippen LogP contribution in [-0.4, -0.2) is 37.3 Å². The van der Waals surface area contributed by atoms with Crippen molar-refractivity contribution in [3.05, 3.63) is 35.9 Å². The number of benzene rings is 1. The average Bonchev–Trinajstić information content (AvgIpc) is 2.98. The molecule has 20 heavy (non-hydrogen) atoms. The lowest BCUT2D eigenvalue weighted by molar-refractivity contribution is -0.00315. The number of piperidine rings is 1. The van der Waals surface area contributed by atoms with E-state index in [2.05, 4.69) is 40.5 Å². The third-order valence-corrected chi connectivity index (χ3v) is 4.71. The average molecular weight is 274 g/mol. The summed E-state index contributed by atoms with van der Waals surface area (Å²) in [6.07, 6.45) is 5.36. The fourth-order valence-electron chi connectivity index (χ4n) is 3.63. The number of hydrogen-bond acceptors (Lipinski definition) is 3. The van der Waals surface area contributed by atoms with Crippen molar-refractivity contribution in [2.24, 2.45) is 5.92 Å². The molecule has 2 aliphatic heterocycles. The van der Waals surface area contributed by atoms with Crippen molar-refractivity contribution < 1.29 is 4.74 Å². The molecule has 3 rings (SSSR count). The first-order chi connectivity index (χ1) is 9.93. The summed E-state index contributed by atoms with van der Waals surface area (Å²) in [4.78, 5) is 2.57. The van der Waals surface area contributed by atoms with Crippen molar-refractivity contribution >= 4 is 0 Å². The zero-order valence-corrected chi connectivity index (χ0v) is 12.3. The fourth-order valence-corrected chi connectivity index (χ4v) is 3.63. The molecule has 1 N–H and O–H groups in total. The molecule has 0 amide bonds. The summed E-state index contributed by atoms with van der Waals surface area (Å²) in [5.41, 5.74) is 1.27. The quantitative estimate of drug-likeness (QED) is 0.893. The van der Waals surface area contributed by atoms with Gasteiger partial charge in [-0.1, -0.05) is 30.3 Å². The van der Waals surface area contributed by atoms with Gasteiger partial charge in [-0.25, -0.2) is 0 Å². The highest BCUT2D eigenvalue weighted by molar-refractivity contribution is 5.13. The van der Waals surface area contributed by atoms with Crippen LogP contribution in [0, 0.1) is 5.92 Å². The lowest BCUT2D eigenvalue weighted by Crippen LogP contribution is -2.41. The second-order valence-corrected chi connectivity index (χ2v) is 6.07. The molecule has 3 nitrogen and oxygen atoms in total. The normalized spacial score (nSPS) is 25.1. The maximum absolute atomic E-state index is 5.93. The van der Waals surface area contributed by atoms with Gasteiger partial charge in [0.25, 0.3) is 0 Å². The molecule has 0 radical (unpaired) electrons. The maximum atomic E-state index is 5.93. The van der Waals surface area contributed by atoms with Gasteiger partial charge in [0.15, 0.2) is 0 Å². The summed E-state index contributed by atoms with van der Waals surface area (Å²) in [5, 5.41) is 3.47. The number of nitrogens with one attached hydrogen (secondary N) is 1. The first kappa shape index (κ1) is 14.1. The van der Waals surface area contributed by atoms with Gasteiger partial charge < -0.3 is 10.1 Å². The van der Waals surface area contributed by atoms with Crippen molar-refractivity contribution in [2.45, 2.75) is 38.3 Å². The maximum Gasteiger partial charge on any atom is 0.0997 e. The van der Waals surface area contributed by atoms with E-state index in [1.165, 1.54) is 50.9 Å². The first-order valence-corrected chi connectivity index (χ1v) is 8.00. The molecule has 1 unspecified atom stereocenters. The highest BCUT2D eigenvalue weighted by Gasteiger charge is 2.32. The molecule has 0 aliphatic carbocycles. The number of ether oxygens (including phenoxy) is 1. The van der Waals surface area contributed by atoms with Crippen LogP contribution in [0.1, 0.15) is 31.2 Å². The Kier molecular flexibility index (Phi) is 5.06. The highest BCUT2D eigenvalue weighted by atomic mass is 16.5. The van der Waals surface area contributed by atoms with Gasteiger partial charge in [-0.15, -0.1) is 0 Å². The van der Waals surface area contributed by atoms with Crippen LogP contribution in [0.2, 0.25) is 0 Å². The third-order valence-electron chi connectivity index (χ3n) is 4.71. The summed E-state index contributed by atoms with van der Waals surface area (Å²) in [7, 11) is 0. The topological polar surface area (TPSA) is 24.5 Å². The van der Waals surface area contributed by atoms with E-state index < -0.39 is 0 Å². The predicted octanol–water partition coefficient (Wildman–Crippen LogP) is 2.62. The zero-order chi connectivity index (χ0) is 13.6. The van der Waals surface area contributed by atoms with Crippen molar-refractivity contribution in [2.75, 3.05) is 26.4 Å². The Balaban J connectivity index is 1.46. The van der Waals surface area contributed by atoms with E-state index in [1.54, 1.807) is 0 Å². The Bertz CT molecular complexity index is 389. The summed E-state index contributed by atoms with van der Waals surface area (Å²) in [6, 6.07) is 11.2. The minimum absolute atomic E-state index is 0.732. The molecule has 1 aromatic rings. The van der Waals surface area contributed by atoms with E-state index in [4.69, 9.17) is 4.74 Å². The zero-order valence-electron chi connectivity index (χ0n) is 12.3. The molecule has 0 bridgehead atoms. The number of nitrogens with zero attached hydrogens (tertiary/aromatic N) is 1. The minimum atomic E-state index is 0.732. The highest BCUT2D eigenvalue weighted by Crippen LogP contribution is 2.29. The molecule has 1 atom stereocenters. The van der Waals surface area contributed by atoms with E-state index in [-0.39, 0.29) is 0 Å². The molecule has 2 heterocycles. The van der Waals surface area contributed by atoms with E-state index in [0.717, 1.165) is 25.3 Å². The standard InChI is InChI=1S/C17H26N2O/c1-2-5-15(6-3-1)13-20-14-19-12-4-7-17(19)16-8-10-18-11-9-16/h1-3,5-6,16-18H,4,7-14H2. The van der Waals surface area contributed by atoms with Gasteiger partial charge in [0.1, 0.15) is 0 Å². The van der Waals surface area contributed by atoms with Crippen LogP contribution in [-0.2, 0) is 11.3 Å². The van der Waals surface area contributed by atoms with Gasteiger partial charge in [-0.2, -0.15) is 0 Å². The van der Waals surface area contributed by atoms with Crippen LogP contribution in [0.3, 0.4) is 0 Å². The smallest absolute Gasteiger partial charge is 0.0997 e. The van der Waals surface area contributed by atoms with Crippen molar-refractivity contribution in [1.82, 2.24) is 10.2 Å². The van der Waals surface area contributed by atoms with Gasteiger partial charge in [-0.05, 0) is 50.3 Å². The first-order valence-electron chi connectivity index (χ1n) is 8.00. The van der Waals surface area contributed by atoms with E-state index in [9.17, 15) is 0 Å². The van der Waals surface area contributed by atoms with Crippen LogP contribution in [0.25, 0.3) is 0 Å². The molecule has 110 valence electrons. The molecule has 0 saturated carbocycles. The second-order valence-electron chi connectivity index (χ2n) is 6.07. The van der Waals surface area contributed by atoms with Gasteiger partial charge in [0.2, 0.25) is 0 Å². The van der Waals surface area contributed by atoms with Crippen LogP contribution >= 0.6 is 0 Å². The largest absolute Gasteiger partial charge is 0.361 e. The molecule has 2 saturated heterocycles. The van der Waals surface area contributed by atoms with E-state index >= 15 is 0 Å². The van der Waals surface area contributed by atoms with Crippen molar-refractivity contribution in [1.29, 1.82) is 0 Å². The predicted molar refractivity (Wildman–Crippen MR) is 81.4 cm³/mol. The number of likely N-dealkylation sites (tertiary alicyclic amines) is 1. The number of rotatable bonds is 5. The van der Waals surface area contributed by atoms with Gasteiger partial charge in [-0.3, -0.25) is 4.90 Å². The molecule has 3 heteroatoms. The van der Waals surface area contributed by atoms with Crippen LogP contribution in [0.5, 0.6) is 0 Å². The molecule has 2 aliphatic rings. The monoisotopic (exact) mass is 274 g/mol. The van der Waals surface area contributed by atoms with E-state index in [1.807, 2.05) is 0 Å². The van der Waals surface area contributed by atoms with Crippen LogP contribution < -0.4 is 5.32 Å². The lowest BCUT2D eigenvalue weighted by Gasteiger charge is -2.34. The lowest BCUT2D eigenvalue weighted by atomic mass is 9.89. The second kappa shape index (κ2) is 7.21. The molecular formula is C17H26N2O. The molecular weight excluding hydrogens is 248 g/mol. The van der Waals surface area contributed by atoms with E-state index in [0.29, 0.717) is 0 Å². The summed E-state index contributed by atoms with van der Waals surface area (Å²) >= 11 is 0. The Morgan fingerprint density at radius 1 is 1.10 bits per heavy atom. The molecule has 2 fully saturated rings. The van der Waals surface area contributed by atoms with Crippen molar-refractivity contribution in [3.63, 3.8) is 0 Å². The van der Waals surface area contributed by atoms with Gasteiger partial charge in [0.05, 0.1) is 13.3 Å².